The van der Waals surface area contributed by atoms with Crippen molar-refractivity contribution < 1.29 is 9.53 Å². The van der Waals surface area contributed by atoms with Crippen LogP contribution in [0.3, 0.4) is 0 Å². The first kappa shape index (κ1) is 15.8. The number of piperidine rings is 1. The molecule has 2 rings (SSSR count). The first-order chi connectivity index (χ1) is 9.83. The number of hydrogen-bond acceptors (Lipinski definition) is 3. The number of amides is 1. The summed E-state index contributed by atoms with van der Waals surface area (Å²) in [5.41, 5.74) is 2.00. The summed E-state index contributed by atoms with van der Waals surface area (Å²) in [6.45, 7) is 9.37. The van der Waals surface area contributed by atoms with Crippen molar-refractivity contribution in [2.45, 2.75) is 52.6 Å². The highest BCUT2D eigenvalue weighted by atomic mass is 16.6. The van der Waals surface area contributed by atoms with Gasteiger partial charge in [0.1, 0.15) is 5.60 Å². The normalized spacial score (nSPS) is 16.9. The first-order valence-corrected chi connectivity index (χ1v) is 7.73. The number of pyridine rings is 1. The Morgan fingerprint density at radius 2 is 2.05 bits per heavy atom. The van der Waals surface area contributed by atoms with Gasteiger partial charge in [0, 0.05) is 25.0 Å². The molecule has 1 aliphatic rings. The number of ether oxygens (including phenoxy) is 1. The van der Waals surface area contributed by atoms with E-state index < -0.39 is 5.60 Å². The van der Waals surface area contributed by atoms with Gasteiger partial charge in [0.25, 0.3) is 0 Å². The van der Waals surface area contributed by atoms with E-state index in [1.54, 1.807) is 0 Å². The summed E-state index contributed by atoms with van der Waals surface area (Å²) in [5.74, 6) is 0.609. The molecule has 0 atom stereocenters. The van der Waals surface area contributed by atoms with E-state index in [2.05, 4.69) is 18.0 Å². The van der Waals surface area contributed by atoms with Crippen LogP contribution in [0.4, 0.5) is 4.79 Å². The van der Waals surface area contributed by atoms with Gasteiger partial charge in [0.05, 0.1) is 0 Å². The number of aryl methyl sites for hydroxylation is 1. The number of likely N-dealkylation sites (tertiary alicyclic amines) is 1. The standard InChI is InChI=1S/C17H26N2O2/c1-13-5-8-18-15(11-13)12-14-6-9-19(10-7-14)16(20)21-17(2,3)4/h5,8,11,14H,6-7,9-10,12H2,1-4H3. The van der Waals surface area contributed by atoms with E-state index >= 15 is 0 Å². The molecule has 4 nitrogen and oxygen atoms in total. The first-order valence-electron chi connectivity index (χ1n) is 7.73. The summed E-state index contributed by atoms with van der Waals surface area (Å²) >= 11 is 0. The van der Waals surface area contributed by atoms with E-state index in [1.165, 1.54) is 5.56 Å². The molecule has 1 aromatic rings. The van der Waals surface area contributed by atoms with Gasteiger partial charge < -0.3 is 9.64 Å². The number of hydrogen-bond donors (Lipinski definition) is 0. The molecular formula is C17H26N2O2. The lowest BCUT2D eigenvalue weighted by atomic mass is 9.92. The second kappa shape index (κ2) is 6.46. The van der Waals surface area contributed by atoms with Crippen molar-refractivity contribution in [1.82, 2.24) is 9.88 Å². The fourth-order valence-corrected chi connectivity index (χ4v) is 2.65. The number of nitrogens with zero attached hydrogens (tertiary/aromatic N) is 2. The average Bonchev–Trinajstić information content (AvgIpc) is 2.37. The smallest absolute Gasteiger partial charge is 0.410 e. The summed E-state index contributed by atoms with van der Waals surface area (Å²) in [5, 5.41) is 0. The molecule has 0 bridgehead atoms. The molecule has 0 N–H and O–H groups in total. The summed E-state index contributed by atoms with van der Waals surface area (Å²) in [6.07, 6.45) is 4.74. The molecule has 1 fully saturated rings. The zero-order valence-corrected chi connectivity index (χ0v) is 13.6. The molecule has 2 heterocycles. The number of carbonyl (C=O) groups excluding carboxylic acids is 1. The molecule has 4 heteroatoms. The lowest BCUT2D eigenvalue weighted by Crippen LogP contribution is -2.42. The van der Waals surface area contributed by atoms with Crippen LogP contribution in [0.5, 0.6) is 0 Å². The van der Waals surface area contributed by atoms with Crippen molar-refractivity contribution in [1.29, 1.82) is 0 Å². The van der Waals surface area contributed by atoms with Gasteiger partial charge >= 0.3 is 6.09 Å². The van der Waals surface area contributed by atoms with Gasteiger partial charge in [-0.3, -0.25) is 4.98 Å². The van der Waals surface area contributed by atoms with Crippen molar-refractivity contribution in [3.05, 3.63) is 29.6 Å². The average molecular weight is 290 g/mol. The van der Waals surface area contributed by atoms with Crippen molar-refractivity contribution in [3.8, 4) is 0 Å². The summed E-state index contributed by atoms with van der Waals surface area (Å²) in [6, 6.07) is 4.18. The third-order valence-corrected chi connectivity index (χ3v) is 3.74. The van der Waals surface area contributed by atoms with Crippen LogP contribution in [0.1, 0.15) is 44.9 Å². The van der Waals surface area contributed by atoms with Crippen molar-refractivity contribution >= 4 is 6.09 Å². The van der Waals surface area contributed by atoms with E-state index in [4.69, 9.17) is 4.74 Å². The Morgan fingerprint density at radius 3 is 2.62 bits per heavy atom. The van der Waals surface area contributed by atoms with Crippen LogP contribution in [0.25, 0.3) is 0 Å². The molecule has 0 saturated carbocycles. The van der Waals surface area contributed by atoms with Crippen LogP contribution in [0.2, 0.25) is 0 Å². The quantitative estimate of drug-likeness (QED) is 0.836. The highest BCUT2D eigenvalue weighted by molar-refractivity contribution is 5.68. The fraction of sp³-hybridized carbons (Fsp3) is 0.647. The molecule has 1 saturated heterocycles. The Hall–Kier alpha value is -1.58. The van der Waals surface area contributed by atoms with Gasteiger partial charge in [-0.25, -0.2) is 4.79 Å². The Labute approximate surface area is 127 Å². The van der Waals surface area contributed by atoms with Crippen LogP contribution in [0, 0.1) is 12.8 Å². The molecule has 0 spiro atoms. The van der Waals surface area contributed by atoms with Crippen LogP contribution in [0.15, 0.2) is 18.3 Å². The van der Waals surface area contributed by atoms with E-state index in [0.717, 1.165) is 38.0 Å². The second-order valence-corrected chi connectivity index (χ2v) is 6.94. The van der Waals surface area contributed by atoms with Crippen LogP contribution in [-0.2, 0) is 11.2 Å². The number of rotatable bonds is 2. The van der Waals surface area contributed by atoms with E-state index in [-0.39, 0.29) is 6.09 Å². The third-order valence-electron chi connectivity index (χ3n) is 3.74. The molecule has 0 unspecified atom stereocenters. The highest BCUT2D eigenvalue weighted by Gasteiger charge is 2.26. The SMILES string of the molecule is Cc1ccnc(CC2CCN(C(=O)OC(C)(C)C)CC2)c1. The maximum Gasteiger partial charge on any atom is 0.410 e. The van der Waals surface area contributed by atoms with Crippen LogP contribution < -0.4 is 0 Å². The van der Waals surface area contributed by atoms with E-state index in [0.29, 0.717) is 5.92 Å². The zero-order valence-electron chi connectivity index (χ0n) is 13.6. The molecule has 116 valence electrons. The van der Waals surface area contributed by atoms with Crippen molar-refractivity contribution in [2.24, 2.45) is 5.92 Å². The molecule has 0 aromatic carbocycles. The largest absolute Gasteiger partial charge is 0.444 e. The van der Waals surface area contributed by atoms with Gasteiger partial charge in [-0.2, -0.15) is 0 Å². The summed E-state index contributed by atoms with van der Waals surface area (Å²) < 4.78 is 5.42. The molecule has 1 amide bonds. The Balaban J connectivity index is 1.82. The van der Waals surface area contributed by atoms with Gasteiger partial charge in [0.2, 0.25) is 0 Å². The van der Waals surface area contributed by atoms with Crippen LogP contribution in [-0.4, -0.2) is 34.7 Å². The zero-order chi connectivity index (χ0) is 15.5. The lowest BCUT2D eigenvalue weighted by Gasteiger charge is -2.33. The lowest BCUT2D eigenvalue weighted by molar-refractivity contribution is 0.0184. The minimum absolute atomic E-state index is 0.186. The molecule has 0 radical (unpaired) electrons. The molecule has 0 aliphatic carbocycles. The minimum Gasteiger partial charge on any atom is -0.444 e. The maximum absolute atomic E-state index is 12.0. The van der Waals surface area contributed by atoms with E-state index in [9.17, 15) is 4.79 Å². The topological polar surface area (TPSA) is 42.4 Å². The maximum atomic E-state index is 12.0. The molecule has 1 aliphatic heterocycles. The minimum atomic E-state index is -0.417. The predicted molar refractivity (Wildman–Crippen MR) is 83.2 cm³/mol. The van der Waals surface area contributed by atoms with E-state index in [1.807, 2.05) is 37.9 Å². The van der Waals surface area contributed by atoms with Gasteiger partial charge in [0.15, 0.2) is 0 Å². The molecular weight excluding hydrogens is 264 g/mol. The van der Waals surface area contributed by atoms with Gasteiger partial charge in [-0.15, -0.1) is 0 Å². The highest BCUT2D eigenvalue weighted by Crippen LogP contribution is 2.22. The fourth-order valence-electron chi connectivity index (χ4n) is 2.65. The third kappa shape index (κ3) is 5.03. The Kier molecular flexibility index (Phi) is 4.86. The monoisotopic (exact) mass is 290 g/mol. The number of carbonyl (C=O) groups is 1. The molecule has 1 aromatic heterocycles. The van der Waals surface area contributed by atoms with Crippen LogP contribution >= 0.6 is 0 Å². The summed E-state index contributed by atoms with van der Waals surface area (Å²) in [7, 11) is 0. The second-order valence-electron chi connectivity index (χ2n) is 6.94. The predicted octanol–water partition coefficient (Wildman–Crippen LogP) is 3.58. The number of aromatic nitrogens is 1. The molecule has 21 heavy (non-hydrogen) atoms. The van der Waals surface area contributed by atoms with Crippen molar-refractivity contribution in [3.63, 3.8) is 0 Å². The Morgan fingerprint density at radius 1 is 1.38 bits per heavy atom. The van der Waals surface area contributed by atoms with Gasteiger partial charge in [-0.1, -0.05) is 0 Å². The van der Waals surface area contributed by atoms with Gasteiger partial charge in [-0.05, 0) is 70.6 Å². The van der Waals surface area contributed by atoms with Crippen molar-refractivity contribution in [2.75, 3.05) is 13.1 Å². The Bertz CT molecular complexity index is 486. The summed E-state index contributed by atoms with van der Waals surface area (Å²) in [4.78, 5) is 18.3.